The van der Waals surface area contributed by atoms with Gasteiger partial charge in [0.15, 0.2) is 17.2 Å². The number of oxazole rings is 1. The van der Waals surface area contributed by atoms with Crippen molar-refractivity contribution in [3.8, 4) is 17.3 Å². The van der Waals surface area contributed by atoms with Crippen LogP contribution in [0.5, 0.6) is 5.75 Å². The SMILES string of the molecule is O=CCOc1ccc(-c2ncco2)nc1Cl. The van der Waals surface area contributed by atoms with Gasteiger partial charge in [-0.1, -0.05) is 11.6 Å². The first-order valence-electron chi connectivity index (χ1n) is 4.44. The Hall–Kier alpha value is -1.88. The van der Waals surface area contributed by atoms with Gasteiger partial charge in [-0.15, -0.1) is 0 Å². The van der Waals surface area contributed by atoms with Crippen LogP contribution >= 0.6 is 11.6 Å². The number of hydrogen-bond donors (Lipinski definition) is 0. The zero-order valence-electron chi connectivity index (χ0n) is 8.09. The van der Waals surface area contributed by atoms with Crippen LogP contribution < -0.4 is 4.74 Å². The first-order chi connectivity index (χ1) is 7.81. The predicted molar refractivity (Wildman–Crippen MR) is 56.3 cm³/mol. The normalized spacial score (nSPS) is 10.1. The van der Waals surface area contributed by atoms with Crippen molar-refractivity contribution in [3.63, 3.8) is 0 Å². The summed E-state index contributed by atoms with van der Waals surface area (Å²) in [6, 6.07) is 3.26. The Morgan fingerprint density at radius 1 is 1.50 bits per heavy atom. The predicted octanol–water partition coefficient (Wildman–Crippen LogP) is 1.97. The fourth-order valence-electron chi connectivity index (χ4n) is 1.12. The molecule has 2 rings (SSSR count). The third kappa shape index (κ3) is 2.20. The zero-order valence-corrected chi connectivity index (χ0v) is 8.85. The summed E-state index contributed by atoms with van der Waals surface area (Å²) in [5, 5.41) is 0.164. The first kappa shape index (κ1) is 10.6. The van der Waals surface area contributed by atoms with Gasteiger partial charge in [0.05, 0.1) is 6.20 Å². The van der Waals surface area contributed by atoms with Crippen LogP contribution in [-0.2, 0) is 4.79 Å². The van der Waals surface area contributed by atoms with Crippen molar-refractivity contribution >= 4 is 17.9 Å². The summed E-state index contributed by atoms with van der Waals surface area (Å²) < 4.78 is 10.1. The van der Waals surface area contributed by atoms with Crippen molar-refractivity contribution in [3.05, 3.63) is 29.7 Å². The van der Waals surface area contributed by atoms with E-state index in [9.17, 15) is 4.79 Å². The van der Waals surface area contributed by atoms with Gasteiger partial charge in [0.25, 0.3) is 0 Å². The molecule has 0 aliphatic carbocycles. The molecule has 82 valence electrons. The number of ether oxygens (including phenoxy) is 1. The molecule has 0 spiro atoms. The molecule has 0 radical (unpaired) electrons. The largest absolute Gasteiger partial charge is 0.483 e. The van der Waals surface area contributed by atoms with Crippen molar-refractivity contribution < 1.29 is 13.9 Å². The summed E-state index contributed by atoms with van der Waals surface area (Å²) in [6.45, 7) is -0.0558. The second kappa shape index (κ2) is 4.76. The van der Waals surface area contributed by atoms with Crippen LogP contribution in [0.3, 0.4) is 0 Å². The lowest BCUT2D eigenvalue weighted by Gasteiger charge is -2.04. The second-order valence-corrected chi connectivity index (χ2v) is 3.16. The lowest BCUT2D eigenvalue weighted by molar-refractivity contribution is -0.109. The molecule has 5 nitrogen and oxygen atoms in total. The number of hydrogen-bond acceptors (Lipinski definition) is 5. The van der Waals surface area contributed by atoms with E-state index in [2.05, 4.69) is 9.97 Å². The number of nitrogens with zero attached hydrogens (tertiary/aromatic N) is 2. The Labute approximate surface area is 96.0 Å². The Balaban J connectivity index is 2.26. The Kier molecular flexibility index (Phi) is 3.16. The number of aldehydes is 1. The van der Waals surface area contributed by atoms with Crippen molar-refractivity contribution in [2.24, 2.45) is 0 Å². The summed E-state index contributed by atoms with van der Waals surface area (Å²) in [7, 11) is 0. The Morgan fingerprint density at radius 2 is 2.38 bits per heavy atom. The minimum Gasteiger partial charge on any atom is -0.483 e. The van der Waals surface area contributed by atoms with Gasteiger partial charge in [-0.3, -0.25) is 4.79 Å². The molecule has 0 saturated heterocycles. The Bertz CT molecular complexity index is 485. The summed E-state index contributed by atoms with van der Waals surface area (Å²) in [6.07, 6.45) is 3.60. The molecule has 6 heteroatoms. The molecule has 2 aromatic rings. The molecule has 0 aliphatic rings. The summed E-state index contributed by atoms with van der Waals surface area (Å²) in [5.41, 5.74) is 0.508. The van der Waals surface area contributed by atoms with Crippen LogP contribution in [0.2, 0.25) is 5.15 Å². The van der Waals surface area contributed by atoms with E-state index in [1.165, 1.54) is 12.5 Å². The highest BCUT2D eigenvalue weighted by molar-refractivity contribution is 6.30. The van der Waals surface area contributed by atoms with Crippen LogP contribution in [-0.4, -0.2) is 22.9 Å². The molecule has 2 heterocycles. The fourth-order valence-corrected chi connectivity index (χ4v) is 1.33. The molecule has 0 bridgehead atoms. The van der Waals surface area contributed by atoms with E-state index >= 15 is 0 Å². The standard InChI is InChI=1S/C10H7ClN2O3/c11-9-8(15-6-4-14)2-1-7(13-9)10-12-3-5-16-10/h1-5H,6H2. The third-order valence-corrected chi connectivity index (χ3v) is 2.04. The number of carbonyl (C=O) groups is 1. The van der Waals surface area contributed by atoms with Crippen LogP contribution in [0.15, 0.2) is 29.0 Å². The van der Waals surface area contributed by atoms with Gasteiger partial charge in [-0.05, 0) is 12.1 Å². The van der Waals surface area contributed by atoms with Gasteiger partial charge in [0.1, 0.15) is 18.6 Å². The average molecular weight is 239 g/mol. The highest BCUT2D eigenvalue weighted by Gasteiger charge is 2.08. The number of halogens is 1. The molecule has 0 amide bonds. The van der Waals surface area contributed by atoms with Crippen LogP contribution in [0.4, 0.5) is 0 Å². The first-order valence-corrected chi connectivity index (χ1v) is 4.82. The molecule has 0 unspecified atom stereocenters. The molecule has 2 aromatic heterocycles. The summed E-state index contributed by atoms with van der Waals surface area (Å²) in [5.74, 6) is 0.730. The maximum Gasteiger partial charge on any atom is 0.245 e. The van der Waals surface area contributed by atoms with Crippen LogP contribution in [0.25, 0.3) is 11.6 Å². The van der Waals surface area contributed by atoms with Gasteiger partial charge in [-0.2, -0.15) is 0 Å². The average Bonchev–Trinajstić information content (AvgIpc) is 2.81. The monoisotopic (exact) mass is 238 g/mol. The topological polar surface area (TPSA) is 65.2 Å². The number of pyridine rings is 1. The van der Waals surface area contributed by atoms with Crippen molar-refractivity contribution in [1.82, 2.24) is 9.97 Å². The van der Waals surface area contributed by atoms with Crippen molar-refractivity contribution in [2.75, 3.05) is 6.61 Å². The third-order valence-electron chi connectivity index (χ3n) is 1.77. The smallest absolute Gasteiger partial charge is 0.245 e. The Morgan fingerprint density at radius 3 is 3.00 bits per heavy atom. The minimum absolute atomic E-state index is 0.0558. The molecule has 0 aliphatic heterocycles. The second-order valence-electron chi connectivity index (χ2n) is 2.80. The molecule has 0 saturated carbocycles. The maximum atomic E-state index is 10.1. The minimum atomic E-state index is -0.0558. The van der Waals surface area contributed by atoms with Gasteiger partial charge >= 0.3 is 0 Å². The summed E-state index contributed by atoms with van der Waals surface area (Å²) >= 11 is 5.86. The van der Waals surface area contributed by atoms with Crippen LogP contribution in [0.1, 0.15) is 0 Å². The molecular formula is C10H7ClN2O3. The van der Waals surface area contributed by atoms with E-state index in [-0.39, 0.29) is 11.8 Å². The van der Waals surface area contributed by atoms with Gasteiger partial charge in [-0.25, -0.2) is 9.97 Å². The van der Waals surface area contributed by atoms with Gasteiger partial charge in [0.2, 0.25) is 5.89 Å². The lowest BCUT2D eigenvalue weighted by atomic mass is 10.3. The van der Waals surface area contributed by atoms with Crippen LogP contribution in [0, 0.1) is 0 Å². The highest BCUT2D eigenvalue weighted by atomic mass is 35.5. The molecule has 0 N–H and O–H groups in total. The van der Waals surface area contributed by atoms with E-state index in [1.54, 1.807) is 12.1 Å². The van der Waals surface area contributed by atoms with E-state index < -0.39 is 0 Å². The quantitative estimate of drug-likeness (QED) is 0.602. The fraction of sp³-hybridized carbons (Fsp3) is 0.100. The zero-order chi connectivity index (χ0) is 11.4. The lowest BCUT2D eigenvalue weighted by Crippen LogP contribution is -1.99. The van der Waals surface area contributed by atoms with E-state index in [0.29, 0.717) is 23.6 Å². The van der Waals surface area contributed by atoms with E-state index in [4.69, 9.17) is 20.8 Å². The van der Waals surface area contributed by atoms with Crippen molar-refractivity contribution in [2.45, 2.75) is 0 Å². The highest BCUT2D eigenvalue weighted by Crippen LogP contribution is 2.25. The summed E-state index contributed by atoms with van der Waals surface area (Å²) in [4.78, 5) is 18.1. The number of carbonyl (C=O) groups excluding carboxylic acids is 1. The van der Waals surface area contributed by atoms with E-state index in [1.807, 2.05) is 0 Å². The molecule has 16 heavy (non-hydrogen) atoms. The van der Waals surface area contributed by atoms with Gasteiger partial charge < -0.3 is 9.15 Å². The van der Waals surface area contributed by atoms with E-state index in [0.717, 1.165) is 0 Å². The van der Waals surface area contributed by atoms with Gasteiger partial charge in [0, 0.05) is 0 Å². The molecule has 0 fully saturated rings. The molecule has 0 atom stereocenters. The molecular weight excluding hydrogens is 232 g/mol. The number of rotatable bonds is 4. The maximum absolute atomic E-state index is 10.1. The van der Waals surface area contributed by atoms with Crippen molar-refractivity contribution in [1.29, 1.82) is 0 Å². The number of aromatic nitrogens is 2. The molecule has 0 aromatic carbocycles.